The Bertz CT molecular complexity index is 1590. The molecule has 0 saturated heterocycles. The van der Waals surface area contributed by atoms with Crippen molar-refractivity contribution in [2.75, 3.05) is 17.7 Å². The molecule has 35 heavy (non-hydrogen) atoms. The van der Waals surface area contributed by atoms with Gasteiger partial charge in [-0.3, -0.25) is 14.2 Å². The van der Waals surface area contributed by atoms with Crippen molar-refractivity contribution in [3.63, 3.8) is 0 Å². The number of carbonyl (C=O) groups is 1. The number of nitrogens with zero attached hydrogens (tertiary/aromatic N) is 2. The molecule has 0 radical (unpaired) electrons. The number of fused-ring (bicyclic) bond motifs is 3. The molecule has 0 spiro atoms. The number of aromatic amines is 1. The molecule has 2 heterocycles. The average molecular weight is 505 g/mol. The van der Waals surface area contributed by atoms with Gasteiger partial charge in [0.15, 0.2) is 5.16 Å². The minimum Gasteiger partial charge on any atom is -0.494 e. The highest BCUT2D eigenvalue weighted by Crippen LogP contribution is 2.27. The molecule has 9 heteroatoms. The molecule has 0 fully saturated rings. The van der Waals surface area contributed by atoms with Gasteiger partial charge in [-0.25, -0.2) is 4.98 Å². The van der Waals surface area contributed by atoms with E-state index in [1.54, 1.807) is 48.5 Å². The number of hydrogen-bond donors (Lipinski definition) is 2. The summed E-state index contributed by atoms with van der Waals surface area (Å²) in [6.45, 7) is 2.49. The largest absolute Gasteiger partial charge is 0.494 e. The highest BCUT2D eigenvalue weighted by molar-refractivity contribution is 7.99. The van der Waals surface area contributed by atoms with Crippen molar-refractivity contribution < 1.29 is 9.53 Å². The zero-order chi connectivity index (χ0) is 24.4. The van der Waals surface area contributed by atoms with Gasteiger partial charge in [-0.15, -0.1) is 0 Å². The maximum atomic E-state index is 13.6. The molecule has 0 bridgehead atoms. The third-order valence-corrected chi connectivity index (χ3v) is 6.52. The summed E-state index contributed by atoms with van der Waals surface area (Å²) in [7, 11) is 0. The highest BCUT2D eigenvalue weighted by atomic mass is 35.5. The summed E-state index contributed by atoms with van der Waals surface area (Å²) in [6.07, 6.45) is 0. The van der Waals surface area contributed by atoms with Gasteiger partial charge < -0.3 is 15.0 Å². The third kappa shape index (κ3) is 4.76. The number of hydrogen-bond acceptors (Lipinski definition) is 5. The van der Waals surface area contributed by atoms with E-state index in [1.165, 1.54) is 16.3 Å². The standard InChI is InChI=1S/C26H21ClN4O3S/c1-2-34-19-12-10-17(11-13-19)28-22(32)15-35-26-30-23-20-8-3-4-9-21(20)29-24(23)25(33)31(26)18-7-5-6-16(27)14-18/h3-14,29H,2,15H2,1H3,(H,28,32). The van der Waals surface area contributed by atoms with E-state index in [4.69, 9.17) is 21.3 Å². The molecule has 1 amide bonds. The minimum absolute atomic E-state index is 0.0636. The van der Waals surface area contributed by atoms with Gasteiger partial charge in [0.2, 0.25) is 5.91 Å². The Hall–Kier alpha value is -3.75. The lowest BCUT2D eigenvalue weighted by Gasteiger charge is -2.12. The molecule has 0 aliphatic carbocycles. The van der Waals surface area contributed by atoms with Crippen LogP contribution in [0.4, 0.5) is 5.69 Å². The van der Waals surface area contributed by atoms with Crippen molar-refractivity contribution in [2.24, 2.45) is 0 Å². The molecule has 2 aromatic heterocycles. The van der Waals surface area contributed by atoms with E-state index in [2.05, 4.69) is 10.3 Å². The Morgan fingerprint density at radius 3 is 2.69 bits per heavy atom. The summed E-state index contributed by atoms with van der Waals surface area (Å²) in [6, 6.07) is 21.8. The number of para-hydroxylation sites is 1. The molecule has 0 atom stereocenters. The number of rotatable bonds is 7. The van der Waals surface area contributed by atoms with E-state index in [-0.39, 0.29) is 17.2 Å². The second kappa shape index (κ2) is 9.85. The van der Waals surface area contributed by atoms with E-state index in [9.17, 15) is 9.59 Å². The van der Waals surface area contributed by atoms with Crippen molar-refractivity contribution >= 4 is 56.9 Å². The number of aromatic nitrogens is 3. The first-order valence-electron chi connectivity index (χ1n) is 11.0. The van der Waals surface area contributed by atoms with Crippen LogP contribution in [-0.4, -0.2) is 32.8 Å². The molecule has 0 aliphatic rings. The maximum Gasteiger partial charge on any atom is 0.283 e. The van der Waals surface area contributed by atoms with E-state index in [0.717, 1.165) is 16.7 Å². The van der Waals surface area contributed by atoms with Crippen LogP contribution in [0.5, 0.6) is 5.75 Å². The molecule has 0 aliphatic heterocycles. The first-order valence-corrected chi connectivity index (χ1v) is 12.3. The van der Waals surface area contributed by atoms with Gasteiger partial charge in [-0.1, -0.05) is 47.6 Å². The molecule has 176 valence electrons. The summed E-state index contributed by atoms with van der Waals surface area (Å²) in [5.74, 6) is 0.584. The fourth-order valence-electron chi connectivity index (χ4n) is 3.81. The lowest BCUT2D eigenvalue weighted by molar-refractivity contribution is -0.113. The fraction of sp³-hybridized carbons (Fsp3) is 0.115. The molecule has 2 N–H and O–H groups in total. The van der Waals surface area contributed by atoms with Crippen molar-refractivity contribution in [1.29, 1.82) is 0 Å². The molecule has 0 saturated carbocycles. The zero-order valence-electron chi connectivity index (χ0n) is 18.7. The molecular formula is C26H21ClN4O3S. The molecule has 3 aromatic carbocycles. The van der Waals surface area contributed by atoms with Crippen LogP contribution < -0.4 is 15.6 Å². The summed E-state index contributed by atoms with van der Waals surface area (Å²) < 4.78 is 6.92. The topological polar surface area (TPSA) is 89.0 Å². The predicted octanol–water partition coefficient (Wildman–Crippen LogP) is 5.65. The van der Waals surface area contributed by atoms with Crippen LogP contribution in [-0.2, 0) is 4.79 Å². The lowest BCUT2D eigenvalue weighted by Crippen LogP contribution is -2.23. The normalized spacial score (nSPS) is 11.1. The van der Waals surface area contributed by atoms with Gasteiger partial charge in [0, 0.05) is 21.6 Å². The van der Waals surface area contributed by atoms with Crippen molar-refractivity contribution in [3.8, 4) is 11.4 Å². The number of carbonyl (C=O) groups excluding carboxylic acids is 1. The summed E-state index contributed by atoms with van der Waals surface area (Å²) in [4.78, 5) is 34.3. The first kappa shape index (κ1) is 23.0. The number of benzene rings is 3. The molecule has 7 nitrogen and oxygen atoms in total. The lowest BCUT2D eigenvalue weighted by atomic mass is 10.2. The van der Waals surface area contributed by atoms with E-state index in [1.807, 2.05) is 31.2 Å². The van der Waals surface area contributed by atoms with E-state index >= 15 is 0 Å². The fourth-order valence-corrected chi connectivity index (χ4v) is 4.80. The SMILES string of the molecule is CCOc1ccc(NC(=O)CSc2nc3c([nH]c4ccccc43)c(=O)n2-c2cccc(Cl)c2)cc1. The Kier molecular flexibility index (Phi) is 6.48. The monoisotopic (exact) mass is 504 g/mol. The molecular weight excluding hydrogens is 484 g/mol. The smallest absolute Gasteiger partial charge is 0.283 e. The van der Waals surface area contributed by atoms with Gasteiger partial charge >= 0.3 is 0 Å². The Morgan fingerprint density at radius 1 is 1.11 bits per heavy atom. The van der Waals surface area contributed by atoms with Crippen LogP contribution in [0.25, 0.3) is 27.6 Å². The molecule has 0 unspecified atom stereocenters. The quantitative estimate of drug-likeness (QED) is 0.221. The highest BCUT2D eigenvalue weighted by Gasteiger charge is 2.18. The second-order valence-electron chi connectivity index (χ2n) is 7.70. The van der Waals surface area contributed by atoms with Gasteiger partial charge in [0.25, 0.3) is 5.56 Å². The Labute approximate surface area is 210 Å². The van der Waals surface area contributed by atoms with Crippen LogP contribution in [0, 0.1) is 0 Å². The van der Waals surface area contributed by atoms with Gasteiger partial charge in [0.05, 0.1) is 18.0 Å². The minimum atomic E-state index is -0.261. The number of thioether (sulfide) groups is 1. The van der Waals surface area contributed by atoms with Crippen LogP contribution in [0.15, 0.2) is 82.7 Å². The third-order valence-electron chi connectivity index (χ3n) is 5.34. The van der Waals surface area contributed by atoms with Crippen LogP contribution in [0.3, 0.4) is 0 Å². The number of amides is 1. The van der Waals surface area contributed by atoms with Crippen molar-refractivity contribution in [2.45, 2.75) is 12.1 Å². The van der Waals surface area contributed by atoms with Crippen molar-refractivity contribution in [1.82, 2.24) is 14.5 Å². The average Bonchev–Trinajstić information content (AvgIpc) is 3.23. The van der Waals surface area contributed by atoms with Crippen LogP contribution in [0.1, 0.15) is 6.92 Å². The van der Waals surface area contributed by atoms with Gasteiger partial charge in [-0.2, -0.15) is 0 Å². The number of nitrogens with one attached hydrogen (secondary N) is 2. The van der Waals surface area contributed by atoms with E-state index < -0.39 is 0 Å². The Morgan fingerprint density at radius 2 is 1.91 bits per heavy atom. The molecule has 5 rings (SSSR count). The summed E-state index contributed by atoms with van der Waals surface area (Å²) >= 11 is 7.39. The predicted molar refractivity (Wildman–Crippen MR) is 141 cm³/mol. The second-order valence-corrected chi connectivity index (χ2v) is 9.08. The number of ether oxygens (including phenoxy) is 1. The van der Waals surface area contributed by atoms with Crippen molar-refractivity contribution in [3.05, 3.63) is 88.2 Å². The summed E-state index contributed by atoms with van der Waals surface area (Å²) in [5.41, 5.74) is 2.76. The van der Waals surface area contributed by atoms with Gasteiger partial charge in [0.1, 0.15) is 16.8 Å². The number of halogens is 1. The summed E-state index contributed by atoms with van der Waals surface area (Å²) in [5, 5.41) is 4.61. The first-order chi connectivity index (χ1) is 17.0. The van der Waals surface area contributed by atoms with E-state index in [0.29, 0.717) is 39.2 Å². The zero-order valence-corrected chi connectivity index (χ0v) is 20.3. The number of anilines is 1. The van der Waals surface area contributed by atoms with Gasteiger partial charge in [-0.05, 0) is 55.5 Å². The maximum absolute atomic E-state index is 13.6. The number of H-pyrrole nitrogens is 1. The Balaban J connectivity index is 1.49. The molecule has 5 aromatic rings. The van der Waals surface area contributed by atoms with Crippen LogP contribution >= 0.6 is 23.4 Å². The van der Waals surface area contributed by atoms with Crippen LogP contribution in [0.2, 0.25) is 5.02 Å².